The Morgan fingerprint density at radius 2 is 1.90 bits per heavy atom. The number of thioether (sulfide) groups is 1. The average Bonchev–Trinajstić information content (AvgIpc) is 2.28. The quantitative estimate of drug-likeness (QED) is 0.793. The van der Waals surface area contributed by atoms with Crippen molar-refractivity contribution in [3.8, 4) is 0 Å². The Kier molecular flexibility index (Phi) is 5.53. The van der Waals surface area contributed by atoms with Crippen molar-refractivity contribution < 1.29 is 9.59 Å². The lowest BCUT2D eigenvalue weighted by Crippen LogP contribution is -2.70. The third-order valence-corrected chi connectivity index (χ3v) is 4.49. The second-order valence-corrected chi connectivity index (χ2v) is 8.33. The summed E-state index contributed by atoms with van der Waals surface area (Å²) in [5, 5.41) is 2.86. The zero-order chi connectivity index (χ0) is 15.6. The summed E-state index contributed by atoms with van der Waals surface area (Å²) in [6.07, 6.45) is 0.931. The van der Waals surface area contributed by atoms with Crippen LogP contribution in [-0.4, -0.2) is 46.3 Å². The molecule has 1 atom stereocenters. The van der Waals surface area contributed by atoms with Crippen LogP contribution in [0.15, 0.2) is 0 Å². The summed E-state index contributed by atoms with van der Waals surface area (Å²) in [5.74, 6) is 2.10. The largest absolute Gasteiger partial charge is 0.340 e. The molecular weight excluding hydrogens is 272 g/mol. The summed E-state index contributed by atoms with van der Waals surface area (Å²) in [5.41, 5.74) is -1.05. The molecule has 1 aliphatic rings. The van der Waals surface area contributed by atoms with Crippen molar-refractivity contribution >= 4 is 23.6 Å². The molecule has 1 saturated heterocycles. The number of hydrogen-bond donors (Lipinski definition) is 1. The van der Waals surface area contributed by atoms with Gasteiger partial charge in [-0.1, -0.05) is 27.7 Å². The van der Waals surface area contributed by atoms with Gasteiger partial charge in [0.1, 0.15) is 11.6 Å². The molecule has 0 aliphatic carbocycles. The molecule has 1 fully saturated rings. The predicted molar refractivity (Wildman–Crippen MR) is 84.8 cm³/mol. The van der Waals surface area contributed by atoms with Crippen molar-refractivity contribution in [1.82, 2.24) is 10.2 Å². The van der Waals surface area contributed by atoms with Gasteiger partial charge in [0, 0.05) is 6.54 Å². The molecule has 0 radical (unpaired) electrons. The Labute approximate surface area is 127 Å². The van der Waals surface area contributed by atoms with E-state index in [1.54, 1.807) is 18.7 Å². The number of amides is 2. The molecule has 1 heterocycles. The van der Waals surface area contributed by atoms with Gasteiger partial charge in [-0.15, -0.1) is 0 Å². The Hall–Kier alpha value is -0.710. The van der Waals surface area contributed by atoms with Crippen molar-refractivity contribution in [2.24, 2.45) is 5.41 Å². The number of nitrogens with zero attached hydrogens (tertiary/aromatic N) is 1. The second kappa shape index (κ2) is 6.37. The zero-order valence-electron chi connectivity index (χ0n) is 13.6. The maximum atomic E-state index is 12.6. The number of carbonyl (C=O) groups excluding carboxylic acids is 2. The molecule has 4 nitrogen and oxygen atoms in total. The van der Waals surface area contributed by atoms with Crippen molar-refractivity contribution in [2.75, 3.05) is 18.1 Å². The molecule has 0 bridgehead atoms. The average molecular weight is 300 g/mol. The van der Waals surface area contributed by atoms with Gasteiger partial charge in [0.25, 0.3) is 0 Å². The van der Waals surface area contributed by atoms with E-state index in [-0.39, 0.29) is 23.3 Å². The molecule has 0 aromatic heterocycles. The van der Waals surface area contributed by atoms with E-state index in [2.05, 4.69) is 12.2 Å². The standard InChI is InChI=1S/C15H28N2O2S/c1-7-20-10-8-9-17-11(14(2,3)4)12(18)16-15(5,6)13(17)19/h11H,7-10H2,1-6H3,(H,16,18). The third-order valence-electron chi connectivity index (χ3n) is 3.50. The van der Waals surface area contributed by atoms with Crippen molar-refractivity contribution in [3.63, 3.8) is 0 Å². The first-order chi connectivity index (χ1) is 9.11. The van der Waals surface area contributed by atoms with Gasteiger partial charge in [0.15, 0.2) is 0 Å². The summed E-state index contributed by atoms with van der Waals surface area (Å²) in [6.45, 7) is 12.4. The van der Waals surface area contributed by atoms with Gasteiger partial charge < -0.3 is 10.2 Å². The normalized spacial score (nSPS) is 22.9. The predicted octanol–water partition coefficient (Wildman–Crippen LogP) is 2.28. The molecule has 1 unspecified atom stereocenters. The molecule has 1 N–H and O–H groups in total. The molecule has 1 rings (SSSR count). The van der Waals surface area contributed by atoms with Gasteiger partial charge in [-0.3, -0.25) is 9.59 Å². The summed E-state index contributed by atoms with van der Waals surface area (Å²) >= 11 is 1.87. The first-order valence-electron chi connectivity index (χ1n) is 7.32. The SMILES string of the molecule is CCSCCCN1C(=O)C(C)(C)NC(=O)C1C(C)(C)C. The molecule has 1 aliphatic heterocycles. The third kappa shape index (κ3) is 3.90. The topological polar surface area (TPSA) is 49.4 Å². The number of carbonyl (C=O) groups is 2. The van der Waals surface area contributed by atoms with Gasteiger partial charge in [-0.2, -0.15) is 11.8 Å². The highest BCUT2D eigenvalue weighted by Gasteiger charge is 2.49. The Bertz CT molecular complexity index is 375. The fraction of sp³-hybridized carbons (Fsp3) is 0.867. The minimum atomic E-state index is -0.795. The molecule has 20 heavy (non-hydrogen) atoms. The van der Waals surface area contributed by atoms with Crippen molar-refractivity contribution in [1.29, 1.82) is 0 Å². The summed E-state index contributed by atoms with van der Waals surface area (Å²) < 4.78 is 0. The Morgan fingerprint density at radius 1 is 1.30 bits per heavy atom. The summed E-state index contributed by atoms with van der Waals surface area (Å²) in [4.78, 5) is 26.8. The van der Waals surface area contributed by atoms with Crippen LogP contribution < -0.4 is 5.32 Å². The van der Waals surface area contributed by atoms with Gasteiger partial charge >= 0.3 is 0 Å². The summed E-state index contributed by atoms with van der Waals surface area (Å²) in [6, 6.07) is -0.380. The van der Waals surface area contributed by atoms with E-state index in [0.717, 1.165) is 17.9 Å². The summed E-state index contributed by atoms with van der Waals surface area (Å²) in [7, 11) is 0. The maximum Gasteiger partial charge on any atom is 0.248 e. The Balaban J connectivity index is 2.90. The van der Waals surface area contributed by atoms with Crippen LogP contribution in [0.3, 0.4) is 0 Å². The van der Waals surface area contributed by atoms with Gasteiger partial charge in [0.2, 0.25) is 11.8 Å². The highest BCUT2D eigenvalue weighted by atomic mass is 32.2. The molecule has 0 aromatic carbocycles. The highest BCUT2D eigenvalue weighted by molar-refractivity contribution is 7.99. The first kappa shape index (κ1) is 17.3. The van der Waals surface area contributed by atoms with E-state index in [1.807, 2.05) is 32.5 Å². The zero-order valence-corrected chi connectivity index (χ0v) is 14.4. The lowest BCUT2D eigenvalue weighted by atomic mass is 9.81. The number of piperazine rings is 1. The number of hydrogen-bond acceptors (Lipinski definition) is 3. The lowest BCUT2D eigenvalue weighted by molar-refractivity contribution is -0.157. The van der Waals surface area contributed by atoms with E-state index in [1.165, 1.54) is 0 Å². The monoisotopic (exact) mass is 300 g/mol. The van der Waals surface area contributed by atoms with Crippen LogP contribution >= 0.6 is 11.8 Å². The number of rotatable bonds is 5. The lowest BCUT2D eigenvalue weighted by Gasteiger charge is -2.47. The minimum Gasteiger partial charge on any atom is -0.340 e. The molecular formula is C15H28N2O2S. The van der Waals surface area contributed by atoms with Crippen molar-refractivity contribution in [3.05, 3.63) is 0 Å². The van der Waals surface area contributed by atoms with E-state index in [9.17, 15) is 9.59 Å². The first-order valence-corrected chi connectivity index (χ1v) is 8.47. The van der Waals surface area contributed by atoms with Crippen molar-refractivity contribution in [2.45, 2.75) is 59.5 Å². The number of nitrogens with one attached hydrogen (secondary N) is 1. The minimum absolute atomic E-state index is 0.0264. The fourth-order valence-corrected chi connectivity index (χ4v) is 3.24. The molecule has 2 amide bonds. The smallest absolute Gasteiger partial charge is 0.248 e. The van der Waals surface area contributed by atoms with Crippen LogP contribution in [0.1, 0.15) is 48.0 Å². The van der Waals surface area contributed by atoms with Crippen LogP contribution in [-0.2, 0) is 9.59 Å². The van der Waals surface area contributed by atoms with Crippen LogP contribution in [0.5, 0.6) is 0 Å². The maximum absolute atomic E-state index is 12.6. The second-order valence-electron chi connectivity index (χ2n) is 6.93. The van der Waals surface area contributed by atoms with E-state index < -0.39 is 5.54 Å². The van der Waals surface area contributed by atoms with Gasteiger partial charge in [-0.05, 0) is 37.2 Å². The van der Waals surface area contributed by atoms with Gasteiger partial charge in [-0.25, -0.2) is 0 Å². The van der Waals surface area contributed by atoms with E-state index in [4.69, 9.17) is 0 Å². The van der Waals surface area contributed by atoms with Crippen LogP contribution in [0.4, 0.5) is 0 Å². The Morgan fingerprint density at radius 3 is 2.40 bits per heavy atom. The van der Waals surface area contributed by atoms with Gasteiger partial charge in [0.05, 0.1) is 0 Å². The molecule has 0 saturated carbocycles. The highest BCUT2D eigenvalue weighted by Crippen LogP contribution is 2.30. The fourth-order valence-electron chi connectivity index (χ4n) is 2.62. The molecule has 0 spiro atoms. The molecule has 116 valence electrons. The molecule has 0 aromatic rings. The van der Waals surface area contributed by atoms with Crippen LogP contribution in [0.2, 0.25) is 0 Å². The van der Waals surface area contributed by atoms with Crippen LogP contribution in [0, 0.1) is 5.41 Å². The van der Waals surface area contributed by atoms with Crippen LogP contribution in [0.25, 0.3) is 0 Å². The van der Waals surface area contributed by atoms with E-state index in [0.29, 0.717) is 6.54 Å². The molecule has 5 heteroatoms. The van der Waals surface area contributed by atoms with E-state index >= 15 is 0 Å².